The fraction of sp³-hybridized carbons (Fsp3) is 0.286. The number of nitrogens with zero attached hydrogens (tertiary/aromatic N) is 1. The van der Waals surface area contributed by atoms with Crippen LogP contribution in [0.3, 0.4) is 0 Å². The molecule has 5 rings (SSSR count). The van der Waals surface area contributed by atoms with Crippen molar-refractivity contribution in [2.24, 2.45) is 0 Å². The van der Waals surface area contributed by atoms with Crippen LogP contribution in [0.25, 0.3) is 22.8 Å². The number of carbonyl (C=O) groups is 2. The highest BCUT2D eigenvalue weighted by atomic mass is 79.9. The van der Waals surface area contributed by atoms with Gasteiger partial charge in [-0.25, -0.2) is 0 Å². The van der Waals surface area contributed by atoms with Gasteiger partial charge in [-0.05, 0) is 87.3 Å². The highest BCUT2D eigenvalue weighted by Gasteiger charge is 2.28. The Balaban J connectivity index is 1.40. The molecule has 7 heteroatoms. The maximum atomic E-state index is 13.0. The van der Waals surface area contributed by atoms with E-state index in [1.165, 1.54) is 12.8 Å². The molecule has 2 aliphatic heterocycles. The second kappa shape index (κ2) is 10.2. The molecule has 0 unspecified atom stereocenters. The minimum absolute atomic E-state index is 0.123. The molecular formula is C28H29BrN4O2. The number of benzene rings is 2. The maximum Gasteiger partial charge on any atom is 0.256 e. The van der Waals surface area contributed by atoms with Crippen molar-refractivity contribution in [2.45, 2.75) is 26.2 Å². The molecular weight excluding hydrogens is 504 g/mol. The van der Waals surface area contributed by atoms with E-state index in [1.807, 2.05) is 55.5 Å². The van der Waals surface area contributed by atoms with E-state index in [4.69, 9.17) is 0 Å². The fourth-order valence-electron chi connectivity index (χ4n) is 4.92. The van der Waals surface area contributed by atoms with E-state index in [2.05, 4.69) is 36.4 Å². The number of hydrogen-bond donors (Lipinski definition) is 3. The summed E-state index contributed by atoms with van der Waals surface area (Å²) in [6, 6.07) is 15.7. The molecule has 180 valence electrons. The number of hydrogen-bond acceptors (Lipinski definition) is 3. The smallest absolute Gasteiger partial charge is 0.256 e. The summed E-state index contributed by atoms with van der Waals surface area (Å²) in [7, 11) is 0. The molecule has 0 radical (unpaired) electrons. The normalized spacial score (nSPS) is 16.5. The van der Waals surface area contributed by atoms with Gasteiger partial charge in [0.25, 0.3) is 11.8 Å². The van der Waals surface area contributed by atoms with Crippen LogP contribution in [-0.4, -0.2) is 47.9 Å². The summed E-state index contributed by atoms with van der Waals surface area (Å²) >= 11 is 3.49. The van der Waals surface area contributed by atoms with Crippen molar-refractivity contribution in [1.29, 1.82) is 0 Å². The van der Waals surface area contributed by atoms with Gasteiger partial charge in [0.05, 0.1) is 16.8 Å². The number of anilines is 1. The molecule has 0 bridgehead atoms. The van der Waals surface area contributed by atoms with Crippen molar-refractivity contribution >= 4 is 45.1 Å². The Labute approximate surface area is 213 Å². The molecule has 35 heavy (non-hydrogen) atoms. The Morgan fingerprint density at radius 1 is 1.14 bits per heavy atom. The van der Waals surface area contributed by atoms with Gasteiger partial charge in [-0.2, -0.15) is 0 Å². The maximum absolute atomic E-state index is 13.0. The first kappa shape index (κ1) is 23.6. The van der Waals surface area contributed by atoms with Gasteiger partial charge in [-0.3, -0.25) is 9.59 Å². The lowest BCUT2D eigenvalue weighted by Gasteiger charge is -2.14. The van der Waals surface area contributed by atoms with Gasteiger partial charge in [-0.15, -0.1) is 0 Å². The number of amides is 2. The molecule has 2 aromatic carbocycles. The van der Waals surface area contributed by atoms with Gasteiger partial charge in [0.15, 0.2) is 0 Å². The number of fused-ring (bicyclic) bond motifs is 1. The van der Waals surface area contributed by atoms with Crippen LogP contribution in [0.5, 0.6) is 0 Å². The number of H-pyrrole nitrogens is 1. The Hall–Kier alpha value is -3.16. The second-order valence-corrected chi connectivity index (χ2v) is 10.1. The standard InChI is InChI=1S/C28H29BrN4O2/c1-18-16-22(27(34)30-12-5-15-33-13-2-3-14-33)25(31-18)17-23-26-21(19-8-10-20(29)11-9-19)6-4-7-24(26)32-28(23)35/h4,6-11,16-17,31H,2-3,5,12-15H2,1H3,(H,30,34)(H,32,35). The van der Waals surface area contributed by atoms with Crippen molar-refractivity contribution in [3.05, 3.63) is 75.5 Å². The van der Waals surface area contributed by atoms with Gasteiger partial charge < -0.3 is 20.5 Å². The van der Waals surface area contributed by atoms with Crippen LogP contribution in [0, 0.1) is 6.92 Å². The van der Waals surface area contributed by atoms with E-state index in [1.54, 1.807) is 6.08 Å². The van der Waals surface area contributed by atoms with Gasteiger partial charge in [0, 0.05) is 28.0 Å². The van der Waals surface area contributed by atoms with Crippen LogP contribution in [0.15, 0.2) is 53.0 Å². The molecule has 0 saturated carbocycles. The van der Waals surface area contributed by atoms with E-state index in [0.29, 0.717) is 23.4 Å². The third kappa shape index (κ3) is 5.11. The topological polar surface area (TPSA) is 77.2 Å². The molecule has 2 amide bonds. The average molecular weight is 533 g/mol. The number of aromatic amines is 1. The molecule has 0 spiro atoms. The van der Waals surface area contributed by atoms with Crippen molar-refractivity contribution in [2.75, 3.05) is 31.5 Å². The predicted octanol–water partition coefficient (Wildman–Crippen LogP) is 5.46. The van der Waals surface area contributed by atoms with Crippen LogP contribution in [0.2, 0.25) is 0 Å². The average Bonchev–Trinajstić information content (AvgIpc) is 3.57. The minimum Gasteiger partial charge on any atom is -0.358 e. The minimum atomic E-state index is -0.172. The third-order valence-corrected chi connectivity index (χ3v) is 7.16. The molecule has 2 aliphatic rings. The zero-order valence-electron chi connectivity index (χ0n) is 19.8. The highest BCUT2D eigenvalue weighted by molar-refractivity contribution is 9.10. The molecule has 1 saturated heterocycles. The molecule has 3 N–H and O–H groups in total. The summed E-state index contributed by atoms with van der Waals surface area (Å²) in [5.41, 5.74) is 6.23. The van der Waals surface area contributed by atoms with E-state index < -0.39 is 0 Å². The number of aromatic nitrogens is 1. The summed E-state index contributed by atoms with van der Waals surface area (Å²) < 4.78 is 0.997. The van der Waals surface area contributed by atoms with Crippen molar-refractivity contribution < 1.29 is 9.59 Å². The Morgan fingerprint density at radius 3 is 2.69 bits per heavy atom. The summed E-state index contributed by atoms with van der Waals surface area (Å²) in [6.07, 6.45) is 5.27. The second-order valence-electron chi connectivity index (χ2n) is 9.19. The van der Waals surface area contributed by atoms with Crippen LogP contribution in [0.1, 0.15) is 46.6 Å². The van der Waals surface area contributed by atoms with Crippen LogP contribution >= 0.6 is 15.9 Å². The van der Waals surface area contributed by atoms with Crippen LogP contribution in [0.4, 0.5) is 5.69 Å². The van der Waals surface area contributed by atoms with Gasteiger partial charge >= 0.3 is 0 Å². The highest BCUT2D eigenvalue weighted by Crippen LogP contribution is 2.40. The van der Waals surface area contributed by atoms with E-state index in [0.717, 1.165) is 58.6 Å². The first-order chi connectivity index (χ1) is 17.0. The van der Waals surface area contributed by atoms with Crippen molar-refractivity contribution in [1.82, 2.24) is 15.2 Å². The molecule has 3 aromatic rings. The molecule has 6 nitrogen and oxygen atoms in total. The largest absolute Gasteiger partial charge is 0.358 e. The number of nitrogens with one attached hydrogen (secondary N) is 3. The molecule has 3 heterocycles. The van der Waals surface area contributed by atoms with Crippen LogP contribution in [-0.2, 0) is 4.79 Å². The molecule has 1 fully saturated rings. The number of halogens is 1. The lowest BCUT2D eigenvalue weighted by Crippen LogP contribution is -2.28. The van der Waals surface area contributed by atoms with E-state index in [-0.39, 0.29) is 11.8 Å². The monoisotopic (exact) mass is 532 g/mol. The zero-order chi connectivity index (χ0) is 24.4. The predicted molar refractivity (Wildman–Crippen MR) is 144 cm³/mol. The van der Waals surface area contributed by atoms with Gasteiger partial charge in [0.1, 0.15) is 0 Å². The van der Waals surface area contributed by atoms with E-state index in [9.17, 15) is 9.59 Å². The summed E-state index contributed by atoms with van der Waals surface area (Å²) in [5.74, 6) is -0.295. The quantitative estimate of drug-likeness (QED) is 0.279. The third-order valence-electron chi connectivity index (χ3n) is 6.63. The van der Waals surface area contributed by atoms with E-state index >= 15 is 0 Å². The number of carbonyl (C=O) groups excluding carboxylic acids is 2. The summed E-state index contributed by atoms with van der Waals surface area (Å²) in [4.78, 5) is 31.7. The lowest BCUT2D eigenvalue weighted by atomic mass is 9.94. The van der Waals surface area contributed by atoms with Crippen LogP contribution < -0.4 is 10.6 Å². The van der Waals surface area contributed by atoms with Gasteiger partial charge in [0.2, 0.25) is 0 Å². The number of likely N-dealkylation sites (tertiary alicyclic amines) is 1. The lowest BCUT2D eigenvalue weighted by molar-refractivity contribution is -0.110. The van der Waals surface area contributed by atoms with Gasteiger partial charge in [-0.1, -0.05) is 40.2 Å². The summed E-state index contributed by atoms with van der Waals surface area (Å²) in [6.45, 7) is 5.89. The Bertz CT molecular complexity index is 1290. The number of rotatable bonds is 7. The molecule has 1 aromatic heterocycles. The number of aryl methyl sites for hydroxylation is 1. The first-order valence-corrected chi connectivity index (χ1v) is 12.9. The fourth-order valence-corrected chi connectivity index (χ4v) is 5.18. The van der Waals surface area contributed by atoms with Crippen molar-refractivity contribution in [3.8, 4) is 11.1 Å². The van der Waals surface area contributed by atoms with Crippen molar-refractivity contribution in [3.63, 3.8) is 0 Å². The zero-order valence-corrected chi connectivity index (χ0v) is 21.4. The molecule has 0 aliphatic carbocycles. The first-order valence-electron chi connectivity index (χ1n) is 12.1. The summed E-state index contributed by atoms with van der Waals surface area (Å²) in [5, 5.41) is 6.03. The molecule has 0 atom stereocenters. The Kier molecular flexibility index (Phi) is 6.88. The Morgan fingerprint density at radius 2 is 1.91 bits per heavy atom. The SMILES string of the molecule is Cc1cc(C(=O)NCCCN2CCCC2)c(C=C2C(=O)Nc3cccc(-c4ccc(Br)cc4)c32)[nH]1.